The molecule has 2 aromatic rings. The highest BCUT2D eigenvalue weighted by atomic mass is 32.2. The summed E-state index contributed by atoms with van der Waals surface area (Å²) in [7, 11) is 0. The van der Waals surface area contributed by atoms with Gasteiger partial charge in [-0.15, -0.1) is 0 Å². The van der Waals surface area contributed by atoms with Crippen molar-refractivity contribution >= 4 is 51.9 Å². The van der Waals surface area contributed by atoms with Crippen LogP contribution in [0.5, 0.6) is 5.75 Å². The number of nitrogens with zero attached hydrogens (tertiary/aromatic N) is 1. The summed E-state index contributed by atoms with van der Waals surface area (Å²) in [5.74, 6) is -1.96. The van der Waals surface area contributed by atoms with Gasteiger partial charge in [-0.25, -0.2) is 4.79 Å². The van der Waals surface area contributed by atoms with Crippen LogP contribution in [0.3, 0.4) is 0 Å². The van der Waals surface area contributed by atoms with Gasteiger partial charge in [0.2, 0.25) is 0 Å². The minimum Gasteiger partial charge on any atom is -0.507 e. The van der Waals surface area contributed by atoms with E-state index in [9.17, 15) is 14.7 Å². The minimum absolute atomic E-state index is 0.283. The molecule has 25 heavy (non-hydrogen) atoms. The number of aromatic hydroxyl groups is 1. The lowest BCUT2D eigenvalue weighted by Crippen LogP contribution is -2.27. The first-order chi connectivity index (χ1) is 11.9. The molecule has 1 saturated heterocycles. The average Bonchev–Trinajstić information content (AvgIpc) is 2.84. The number of hydrogen-bond donors (Lipinski definition) is 2. The molecule has 0 saturated carbocycles. The first kappa shape index (κ1) is 17.2. The van der Waals surface area contributed by atoms with Gasteiger partial charge >= 0.3 is 5.97 Å². The van der Waals surface area contributed by atoms with Gasteiger partial charge in [0.1, 0.15) is 11.3 Å². The van der Waals surface area contributed by atoms with Crippen molar-refractivity contribution < 1.29 is 19.8 Å². The molecule has 0 aliphatic carbocycles. The average molecular weight is 371 g/mol. The Morgan fingerprint density at radius 3 is 2.64 bits per heavy atom. The molecule has 1 amide bonds. The van der Waals surface area contributed by atoms with Crippen LogP contribution < -0.4 is 4.90 Å². The third-order valence-corrected chi connectivity index (χ3v) is 5.04. The topological polar surface area (TPSA) is 77.8 Å². The Labute approximate surface area is 153 Å². The third kappa shape index (κ3) is 3.29. The zero-order chi connectivity index (χ0) is 18.1. The summed E-state index contributed by atoms with van der Waals surface area (Å²) >= 11 is 6.44. The normalized spacial score (nSPS) is 15.9. The monoisotopic (exact) mass is 371 g/mol. The van der Waals surface area contributed by atoms with E-state index in [0.29, 0.717) is 14.9 Å². The number of aromatic carboxylic acids is 1. The molecule has 5 nitrogen and oxygen atoms in total. The largest absolute Gasteiger partial charge is 0.507 e. The van der Waals surface area contributed by atoms with Crippen molar-refractivity contribution in [2.45, 2.75) is 6.92 Å². The van der Waals surface area contributed by atoms with E-state index in [1.54, 1.807) is 6.08 Å². The number of hydrogen-bond acceptors (Lipinski definition) is 5. The maximum atomic E-state index is 12.7. The van der Waals surface area contributed by atoms with Crippen LogP contribution in [0.15, 0.2) is 47.4 Å². The predicted molar refractivity (Wildman–Crippen MR) is 102 cm³/mol. The Morgan fingerprint density at radius 1 is 1.24 bits per heavy atom. The molecular formula is C18H13NO4S2. The Morgan fingerprint density at radius 2 is 1.96 bits per heavy atom. The highest BCUT2D eigenvalue weighted by molar-refractivity contribution is 8.27. The van der Waals surface area contributed by atoms with E-state index in [1.807, 2.05) is 31.2 Å². The van der Waals surface area contributed by atoms with E-state index < -0.39 is 5.97 Å². The molecular weight excluding hydrogens is 358 g/mol. The number of carboxylic acids is 1. The second-order valence-electron chi connectivity index (χ2n) is 5.38. The van der Waals surface area contributed by atoms with Crippen LogP contribution >= 0.6 is 24.0 Å². The first-order valence-corrected chi connectivity index (χ1v) is 8.51. The van der Waals surface area contributed by atoms with Crippen molar-refractivity contribution in [1.29, 1.82) is 0 Å². The fourth-order valence-corrected chi connectivity index (χ4v) is 3.70. The first-order valence-electron chi connectivity index (χ1n) is 7.28. The SMILES string of the molecule is Cc1ccccc1/C=C1\SC(=S)N(c2ccc(O)c(C(=O)O)c2)C1=O. The number of benzene rings is 2. The van der Waals surface area contributed by atoms with Crippen LogP contribution in [0.2, 0.25) is 0 Å². The van der Waals surface area contributed by atoms with Crippen molar-refractivity contribution in [3.05, 3.63) is 64.1 Å². The van der Waals surface area contributed by atoms with Crippen molar-refractivity contribution in [3.63, 3.8) is 0 Å². The Kier molecular flexibility index (Phi) is 4.61. The van der Waals surface area contributed by atoms with Gasteiger partial charge in [-0.05, 0) is 42.3 Å². The molecule has 126 valence electrons. The van der Waals surface area contributed by atoms with Gasteiger partial charge < -0.3 is 10.2 Å². The van der Waals surface area contributed by atoms with E-state index in [2.05, 4.69) is 0 Å². The number of aryl methyl sites for hydroxylation is 1. The number of rotatable bonds is 3. The van der Waals surface area contributed by atoms with E-state index >= 15 is 0 Å². The fraction of sp³-hybridized carbons (Fsp3) is 0.0556. The molecule has 3 rings (SSSR count). The molecule has 1 fully saturated rings. The second-order valence-corrected chi connectivity index (χ2v) is 7.06. The Hall–Kier alpha value is -2.64. The summed E-state index contributed by atoms with van der Waals surface area (Å²) in [6.45, 7) is 1.95. The number of thioether (sulfide) groups is 1. The van der Waals surface area contributed by atoms with Crippen molar-refractivity contribution in [1.82, 2.24) is 0 Å². The quantitative estimate of drug-likeness (QED) is 0.631. The van der Waals surface area contributed by atoms with Crippen LogP contribution in [0, 0.1) is 6.92 Å². The molecule has 1 heterocycles. The zero-order valence-corrected chi connectivity index (χ0v) is 14.7. The Bertz CT molecular complexity index is 936. The molecule has 0 unspecified atom stereocenters. The van der Waals surface area contributed by atoms with Gasteiger partial charge in [0.25, 0.3) is 5.91 Å². The van der Waals surface area contributed by atoms with Crippen LogP contribution in [0.1, 0.15) is 21.5 Å². The molecule has 0 atom stereocenters. The predicted octanol–water partition coefficient (Wildman–Crippen LogP) is 3.80. The highest BCUT2D eigenvalue weighted by Gasteiger charge is 2.34. The van der Waals surface area contributed by atoms with Gasteiger partial charge in [-0.3, -0.25) is 9.69 Å². The summed E-state index contributed by atoms with van der Waals surface area (Å²) in [5.41, 5.74) is 1.98. The molecule has 1 aliphatic rings. The zero-order valence-electron chi connectivity index (χ0n) is 13.1. The summed E-state index contributed by atoms with van der Waals surface area (Å²) in [6, 6.07) is 11.6. The van der Waals surface area contributed by atoms with Gasteiger partial charge in [0.05, 0.1) is 10.6 Å². The van der Waals surface area contributed by atoms with Gasteiger partial charge in [0, 0.05) is 0 Å². The summed E-state index contributed by atoms with van der Waals surface area (Å²) in [5, 5.41) is 18.8. The molecule has 0 bridgehead atoms. The van der Waals surface area contributed by atoms with Crippen LogP contribution in [-0.2, 0) is 4.79 Å². The molecule has 0 spiro atoms. The number of carbonyl (C=O) groups is 2. The summed E-state index contributed by atoms with van der Waals surface area (Å²) in [6.07, 6.45) is 1.77. The van der Waals surface area contributed by atoms with Gasteiger partial charge in [-0.1, -0.05) is 48.2 Å². The lowest BCUT2D eigenvalue weighted by atomic mass is 10.1. The lowest BCUT2D eigenvalue weighted by molar-refractivity contribution is -0.113. The smallest absolute Gasteiger partial charge is 0.339 e. The highest BCUT2D eigenvalue weighted by Crippen LogP contribution is 2.37. The van der Waals surface area contributed by atoms with Crippen LogP contribution in [0.25, 0.3) is 6.08 Å². The standard InChI is InChI=1S/C18H13NO4S2/c1-10-4-2-3-5-11(10)8-15-16(21)19(18(24)25-15)12-6-7-14(20)13(9-12)17(22)23/h2-9,20H,1H3,(H,22,23)/b15-8-. The third-order valence-electron chi connectivity index (χ3n) is 3.74. The molecule has 2 aromatic carbocycles. The Balaban J connectivity index is 1.99. The van der Waals surface area contributed by atoms with Crippen molar-refractivity contribution in [2.24, 2.45) is 0 Å². The lowest BCUT2D eigenvalue weighted by Gasteiger charge is -2.15. The van der Waals surface area contributed by atoms with Crippen LogP contribution in [-0.4, -0.2) is 26.4 Å². The van der Waals surface area contributed by atoms with E-state index in [4.69, 9.17) is 17.3 Å². The van der Waals surface area contributed by atoms with E-state index in [0.717, 1.165) is 22.9 Å². The number of carboxylic acid groups (broad SMARTS) is 1. The number of carbonyl (C=O) groups excluding carboxylic acids is 1. The second kappa shape index (κ2) is 6.70. The molecule has 1 aliphatic heterocycles. The van der Waals surface area contributed by atoms with Crippen molar-refractivity contribution in [2.75, 3.05) is 4.90 Å². The maximum Gasteiger partial charge on any atom is 0.339 e. The van der Waals surface area contributed by atoms with Gasteiger partial charge in [-0.2, -0.15) is 0 Å². The van der Waals surface area contributed by atoms with E-state index in [1.165, 1.54) is 23.1 Å². The molecule has 0 radical (unpaired) electrons. The molecule has 0 aromatic heterocycles. The van der Waals surface area contributed by atoms with Crippen LogP contribution in [0.4, 0.5) is 5.69 Å². The fourth-order valence-electron chi connectivity index (χ4n) is 2.41. The number of amides is 1. The molecule has 2 N–H and O–H groups in total. The number of thiocarbonyl (C=S) groups is 1. The summed E-state index contributed by atoms with van der Waals surface area (Å²) < 4.78 is 0.312. The molecule has 7 heteroatoms. The van der Waals surface area contributed by atoms with Crippen molar-refractivity contribution in [3.8, 4) is 5.75 Å². The number of anilines is 1. The summed E-state index contributed by atoms with van der Waals surface area (Å²) in [4.78, 5) is 25.7. The maximum absolute atomic E-state index is 12.7. The number of phenols is 1. The van der Waals surface area contributed by atoms with Gasteiger partial charge in [0.15, 0.2) is 4.32 Å². The minimum atomic E-state index is -1.28. The van der Waals surface area contributed by atoms with E-state index in [-0.39, 0.29) is 17.2 Å².